The minimum absolute atomic E-state index is 0.0511. The lowest BCUT2D eigenvalue weighted by Crippen LogP contribution is -2.47. The molecule has 1 aromatic rings. The molecule has 0 radical (unpaired) electrons. The highest BCUT2D eigenvalue weighted by Crippen LogP contribution is 2.22. The van der Waals surface area contributed by atoms with Gasteiger partial charge in [0, 0.05) is 25.0 Å². The van der Waals surface area contributed by atoms with Gasteiger partial charge in [-0.1, -0.05) is 32.0 Å². The van der Waals surface area contributed by atoms with Crippen molar-refractivity contribution < 1.29 is 9.59 Å². The molecule has 0 spiro atoms. The number of nitrogens with zero attached hydrogens (tertiary/aromatic N) is 1. The number of benzene rings is 1. The van der Waals surface area contributed by atoms with Gasteiger partial charge in [0.05, 0.1) is 6.42 Å². The monoisotopic (exact) mass is 342 g/mol. The molecule has 136 valence electrons. The first-order chi connectivity index (χ1) is 12.0. The Hall–Kier alpha value is -1.84. The summed E-state index contributed by atoms with van der Waals surface area (Å²) >= 11 is 0. The predicted octanol–water partition coefficient (Wildman–Crippen LogP) is 2.87. The number of hydrogen-bond acceptors (Lipinski definition) is 2. The molecule has 0 aromatic heterocycles. The predicted molar refractivity (Wildman–Crippen MR) is 99.4 cm³/mol. The second kappa shape index (κ2) is 8.03. The van der Waals surface area contributed by atoms with Crippen molar-refractivity contribution in [3.63, 3.8) is 0 Å². The van der Waals surface area contributed by atoms with Crippen molar-refractivity contribution in [1.29, 1.82) is 0 Å². The van der Waals surface area contributed by atoms with Gasteiger partial charge in [-0.05, 0) is 55.2 Å². The van der Waals surface area contributed by atoms with Gasteiger partial charge in [-0.3, -0.25) is 9.59 Å². The summed E-state index contributed by atoms with van der Waals surface area (Å²) in [7, 11) is 0. The number of hydrogen-bond donors (Lipinski definition) is 1. The first-order valence-corrected chi connectivity index (χ1v) is 9.72. The Balaban J connectivity index is 1.48. The molecule has 3 rings (SSSR count). The molecule has 2 aliphatic rings. The van der Waals surface area contributed by atoms with Crippen LogP contribution in [0.25, 0.3) is 0 Å². The van der Waals surface area contributed by atoms with Gasteiger partial charge >= 0.3 is 0 Å². The van der Waals surface area contributed by atoms with E-state index in [1.54, 1.807) is 0 Å². The maximum absolute atomic E-state index is 12.4. The van der Waals surface area contributed by atoms with Crippen LogP contribution in [-0.4, -0.2) is 35.8 Å². The van der Waals surface area contributed by atoms with E-state index in [1.807, 2.05) is 18.7 Å². The van der Waals surface area contributed by atoms with Crippen molar-refractivity contribution >= 4 is 11.8 Å². The average Bonchev–Trinajstić information content (AvgIpc) is 2.61. The molecule has 1 aromatic carbocycles. The summed E-state index contributed by atoms with van der Waals surface area (Å²) in [5.41, 5.74) is 4.00. The zero-order valence-electron chi connectivity index (χ0n) is 15.5. The van der Waals surface area contributed by atoms with Gasteiger partial charge in [-0.25, -0.2) is 0 Å². The molecule has 1 aliphatic heterocycles. The second-order valence-electron chi connectivity index (χ2n) is 7.81. The van der Waals surface area contributed by atoms with Gasteiger partial charge in [-0.2, -0.15) is 0 Å². The largest absolute Gasteiger partial charge is 0.353 e. The molecule has 0 saturated carbocycles. The highest BCUT2D eigenvalue weighted by Gasteiger charge is 2.25. The summed E-state index contributed by atoms with van der Waals surface area (Å²) in [6.07, 6.45) is 7.03. The van der Waals surface area contributed by atoms with Gasteiger partial charge in [0.2, 0.25) is 11.8 Å². The van der Waals surface area contributed by atoms with E-state index in [0.29, 0.717) is 6.42 Å². The van der Waals surface area contributed by atoms with Crippen LogP contribution in [0.1, 0.15) is 56.2 Å². The van der Waals surface area contributed by atoms with E-state index in [2.05, 4.69) is 23.5 Å². The third-order valence-electron chi connectivity index (χ3n) is 5.44. The quantitative estimate of drug-likeness (QED) is 0.915. The zero-order valence-corrected chi connectivity index (χ0v) is 15.5. The van der Waals surface area contributed by atoms with Crippen LogP contribution in [0.2, 0.25) is 0 Å². The molecule has 4 nitrogen and oxygen atoms in total. The number of carbonyl (C=O) groups excluding carboxylic acids is 2. The van der Waals surface area contributed by atoms with E-state index >= 15 is 0 Å². The van der Waals surface area contributed by atoms with E-state index in [-0.39, 0.29) is 23.8 Å². The summed E-state index contributed by atoms with van der Waals surface area (Å²) in [5.74, 6) is 0.374. The number of aryl methyl sites for hydroxylation is 2. The van der Waals surface area contributed by atoms with E-state index in [1.165, 1.54) is 30.4 Å². The number of rotatable bonds is 4. The summed E-state index contributed by atoms with van der Waals surface area (Å²) in [5, 5.41) is 3.16. The first-order valence-electron chi connectivity index (χ1n) is 9.72. The molecule has 1 heterocycles. The Morgan fingerprint density at radius 1 is 1.12 bits per heavy atom. The number of piperidine rings is 1. The van der Waals surface area contributed by atoms with Crippen molar-refractivity contribution in [2.45, 2.75) is 64.8 Å². The Morgan fingerprint density at radius 3 is 2.48 bits per heavy atom. The minimum atomic E-state index is 0.0511. The summed E-state index contributed by atoms with van der Waals surface area (Å²) in [4.78, 5) is 26.3. The molecule has 1 aliphatic carbocycles. The third-order valence-corrected chi connectivity index (χ3v) is 5.44. The van der Waals surface area contributed by atoms with Crippen molar-refractivity contribution in [2.75, 3.05) is 13.1 Å². The third kappa shape index (κ3) is 4.62. The number of carbonyl (C=O) groups is 2. The van der Waals surface area contributed by atoms with E-state index in [0.717, 1.165) is 37.9 Å². The first kappa shape index (κ1) is 18.0. The van der Waals surface area contributed by atoms with Crippen LogP contribution in [0.4, 0.5) is 0 Å². The van der Waals surface area contributed by atoms with Gasteiger partial charge < -0.3 is 10.2 Å². The fraction of sp³-hybridized carbons (Fsp3) is 0.619. The highest BCUT2D eigenvalue weighted by molar-refractivity contribution is 5.79. The molecule has 4 heteroatoms. The van der Waals surface area contributed by atoms with E-state index < -0.39 is 0 Å². The lowest BCUT2D eigenvalue weighted by Gasteiger charge is -2.33. The SMILES string of the molecule is CC(C)C(=O)N1CCC(NC(=O)Cc2ccc3c(c2)CCCC3)CC1. The molecular weight excluding hydrogens is 312 g/mol. The maximum atomic E-state index is 12.4. The van der Waals surface area contributed by atoms with Crippen molar-refractivity contribution in [1.82, 2.24) is 10.2 Å². The van der Waals surface area contributed by atoms with Crippen molar-refractivity contribution in [3.8, 4) is 0 Å². The van der Waals surface area contributed by atoms with Gasteiger partial charge in [-0.15, -0.1) is 0 Å². The Labute approximate surface area is 151 Å². The highest BCUT2D eigenvalue weighted by atomic mass is 16.2. The van der Waals surface area contributed by atoms with Gasteiger partial charge in [0.25, 0.3) is 0 Å². The molecule has 1 saturated heterocycles. The molecule has 1 N–H and O–H groups in total. The average molecular weight is 342 g/mol. The molecule has 0 bridgehead atoms. The van der Waals surface area contributed by atoms with Crippen LogP contribution >= 0.6 is 0 Å². The molecular formula is C21H30N2O2. The zero-order chi connectivity index (χ0) is 17.8. The van der Waals surface area contributed by atoms with Crippen LogP contribution in [0.5, 0.6) is 0 Å². The van der Waals surface area contributed by atoms with Crippen molar-refractivity contribution in [3.05, 3.63) is 34.9 Å². The fourth-order valence-electron chi connectivity index (χ4n) is 3.97. The minimum Gasteiger partial charge on any atom is -0.353 e. The van der Waals surface area contributed by atoms with Crippen LogP contribution in [-0.2, 0) is 28.9 Å². The summed E-state index contributed by atoms with van der Waals surface area (Å²) in [6.45, 7) is 5.38. The van der Waals surface area contributed by atoms with E-state index in [4.69, 9.17) is 0 Å². The Morgan fingerprint density at radius 2 is 1.80 bits per heavy atom. The standard InChI is InChI=1S/C21H30N2O2/c1-15(2)21(25)23-11-9-19(10-12-23)22-20(24)14-16-7-8-17-5-3-4-6-18(17)13-16/h7-8,13,15,19H,3-6,9-12,14H2,1-2H3,(H,22,24). The molecule has 0 atom stereocenters. The number of amides is 2. The topological polar surface area (TPSA) is 49.4 Å². The Bertz CT molecular complexity index is 631. The molecule has 0 unspecified atom stereocenters. The van der Waals surface area contributed by atoms with Crippen LogP contribution in [0, 0.1) is 5.92 Å². The Kier molecular flexibility index (Phi) is 5.77. The summed E-state index contributed by atoms with van der Waals surface area (Å²) < 4.78 is 0. The van der Waals surface area contributed by atoms with Gasteiger partial charge in [0.1, 0.15) is 0 Å². The molecule has 25 heavy (non-hydrogen) atoms. The van der Waals surface area contributed by atoms with Crippen LogP contribution in [0.15, 0.2) is 18.2 Å². The lowest BCUT2D eigenvalue weighted by atomic mass is 9.90. The second-order valence-corrected chi connectivity index (χ2v) is 7.81. The number of likely N-dealkylation sites (tertiary alicyclic amines) is 1. The van der Waals surface area contributed by atoms with Crippen molar-refractivity contribution in [2.24, 2.45) is 5.92 Å². The summed E-state index contributed by atoms with van der Waals surface area (Å²) in [6, 6.07) is 6.72. The number of fused-ring (bicyclic) bond motifs is 1. The molecule has 2 amide bonds. The maximum Gasteiger partial charge on any atom is 0.225 e. The lowest BCUT2D eigenvalue weighted by molar-refractivity contribution is -0.135. The van der Waals surface area contributed by atoms with Gasteiger partial charge in [0.15, 0.2) is 0 Å². The smallest absolute Gasteiger partial charge is 0.225 e. The van der Waals surface area contributed by atoms with Crippen LogP contribution < -0.4 is 5.32 Å². The van der Waals surface area contributed by atoms with E-state index in [9.17, 15) is 9.59 Å². The number of nitrogens with one attached hydrogen (secondary N) is 1. The molecule has 1 fully saturated rings. The van der Waals surface area contributed by atoms with Crippen LogP contribution in [0.3, 0.4) is 0 Å². The normalized spacial score (nSPS) is 18.1. The fourth-order valence-corrected chi connectivity index (χ4v) is 3.97.